The highest BCUT2D eigenvalue weighted by Crippen LogP contribution is 2.22. The number of amides is 1. The summed E-state index contributed by atoms with van der Waals surface area (Å²) in [7, 11) is -1.65. The van der Waals surface area contributed by atoms with Crippen LogP contribution in [0.4, 0.5) is 0 Å². The summed E-state index contributed by atoms with van der Waals surface area (Å²) in [5.41, 5.74) is 1.93. The first-order valence-electron chi connectivity index (χ1n) is 8.68. The molecule has 0 aliphatic heterocycles. The van der Waals surface area contributed by atoms with E-state index in [9.17, 15) is 13.2 Å². The predicted molar refractivity (Wildman–Crippen MR) is 98.8 cm³/mol. The Kier molecular flexibility index (Phi) is 5.68. The summed E-state index contributed by atoms with van der Waals surface area (Å²) < 4.78 is 27.0. The number of hydrogen-bond donors (Lipinski definition) is 1. The van der Waals surface area contributed by atoms with Crippen LogP contribution in [0.1, 0.15) is 30.4 Å². The van der Waals surface area contributed by atoms with Crippen molar-refractivity contribution in [3.05, 3.63) is 59.9 Å². The molecule has 0 radical (unpaired) electrons. The van der Waals surface area contributed by atoms with Crippen LogP contribution in [-0.2, 0) is 27.8 Å². The van der Waals surface area contributed by atoms with Crippen molar-refractivity contribution in [2.45, 2.75) is 43.2 Å². The topological polar surface area (TPSA) is 79.4 Å². The monoisotopic (exact) mass is 373 g/mol. The van der Waals surface area contributed by atoms with Crippen molar-refractivity contribution in [3.8, 4) is 0 Å². The van der Waals surface area contributed by atoms with Crippen molar-refractivity contribution < 1.29 is 13.2 Å². The molecule has 26 heavy (non-hydrogen) atoms. The summed E-state index contributed by atoms with van der Waals surface area (Å²) in [6.45, 7) is 0.524. The van der Waals surface area contributed by atoms with Gasteiger partial charge in [0.2, 0.25) is 15.9 Å². The summed E-state index contributed by atoms with van der Waals surface area (Å²) in [6, 6.07) is 10.6. The van der Waals surface area contributed by atoms with Gasteiger partial charge in [0.15, 0.2) is 0 Å². The van der Waals surface area contributed by atoms with Gasteiger partial charge < -0.3 is 4.90 Å². The molecular weight excluding hydrogens is 350 g/mol. The molecule has 1 saturated carbocycles. The molecule has 1 aromatic carbocycles. The maximum absolute atomic E-state index is 12.3. The van der Waals surface area contributed by atoms with Gasteiger partial charge in [0, 0.05) is 38.4 Å². The SMILES string of the molecule is CN(Cc1cccnc1)C(=O)CCc1ccc(S(=O)(=O)NC2CC2)cc1. The molecule has 1 N–H and O–H groups in total. The summed E-state index contributed by atoms with van der Waals surface area (Å²) in [4.78, 5) is 18.3. The molecule has 1 amide bonds. The quantitative estimate of drug-likeness (QED) is 0.769. The standard InChI is InChI=1S/C19H23N3O3S/c1-22(14-16-3-2-12-20-13-16)19(23)11-6-15-4-9-18(10-5-15)26(24,25)21-17-7-8-17/h2-5,9-10,12-13,17,21H,6-8,11,14H2,1H3. The van der Waals surface area contributed by atoms with E-state index in [4.69, 9.17) is 0 Å². The fourth-order valence-corrected chi connectivity index (χ4v) is 3.92. The Bertz CT molecular complexity index is 847. The van der Waals surface area contributed by atoms with Crippen LogP contribution >= 0.6 is 0 Å². The maximum atomic E-state index is 12.3. The van der Waals surface area contributed by atoms with Gasteiger partial charge >= 0.3 is 0 Å². The van der Waals surface area contributed by atoms with Crippen LogP contribution in [0, 0.1) is 0 Å². The van der Waals surface area contributed by atoms with Crippen molar-refractivity contribution in [2.75, 3.05) is 7.05 Å². The number of hydrogen-bond acceptors (Lipinski definition) is 4. The summed E-state index contributed by atoms with van der Waals surface area (Å²) in [6.07, 6.45) is 6.22. The van der Waals surface area contributed by atoms with Gasteiger partial charge in [0.1, 0.15) is 0 Å². The lowest BCUT2D eigenvalue weighted by Crippen LogP contribution is -2.26. The summed E-state index contributed by atoms with van der Waals surface area (Å²) in [5, 5.41) is 0. The molecular formula is C19H23N3O3S. The first-order valence-corrected chi connectivity index (χ1v) is 10.2. The molecule has 1 aliphatic carbocycles. The van der Waals surface area contributed by atoms with Crippen molar-refractivity contribution >= 4 is 15.9 Å². The Morgan fingerprint density at radius 1 is 1.19 bits per heavy atom. The van der Waals surface area contributed by atoms with Crippen LogP contribution in [0.5, 0.6) is 0 Å². The summed E-state index contributed by atoms with van der Waals surface area (Å²) >= 11 is 0. The third-order valence-corrected chi connectivity index (χ3v) is 5.87. The molecule has 3 rings (SSSR count). The number of carbonyl (C=O) groups is 1. The van der Waals surface area contributed by atoms with Gasteiger partial charge in [-0.3, -0.25) is 9.78 Å². The molecule has 7 heteroatoms. The van der Waals surface area contributed by atoms with E-state index in [1.807, 2.05) is 12.1 Å². The first-order chi connectivity index (χ1) is 12.4. The second kappa shape index (κ2) is 7.97. The van der Waals surface area contributed by atoms with Crippen LogP contribution < -0.4 is 4.72 Å². The van der Waals surface area contributed by atoms with Gasteiger partial charge in [0.25, 0.3) is 0 Å². The Balaban J connectivity index is 1.51. The number of rotatable bonds is 8. The number of pyridine rings is 1. The molecule has 1 aromatic heterocycles. The third kappa shape index (κ3) is 5.12. The highest BCUT2D eigenvalue weighted by Gasteiger charge is 2.27. The number of aryl methyl sites for hydroxylation is 1. The van der Waals surface area contributed by atoms with E-state index >= 15 is 0 Å². The van der Waals surface area contributed by atoms with E-state index in [-0.39, 0.29) is 16.8 Å². The largest absolute Gasteiger partial charge is 0.341 e. The second-order valence-corrected chi connectivity index (χ2v) is 8.36. The second-order valence-electron chi connectivity index (χ2n) is 6.65. The molecule has 0 atom stereocenters. The minimum Gasteiger partial charge on any atom is -0.341 e. The Morgan fingerprint density at radius 2 is 1.92 bits per heavy atom. The molecule has 0 unspecified atom stereocenters. The Morgan fingerprint density at radius 3 is 2.54 bits per heavy atom. The van der Waals surface area contributed by atoms with Gasteiger partial charge in [0.05, 0.1) is 4.90 Å². The van der Waals surface area contributed by atoms with Gasteiger partial charge in [-0.15, -0.1) is 0 Å². The fourth-order valence-electron chi connectivity index (χ4n) is 2.62. The number of aromatic nitrogens is 1. The molecule has 138 valence electrons. The molecule has 1 aliphatic rings. The zero-order valence-corrected chi connectivity index (χ0v) is 15.6. The molecule has 0 spiro atoms. The number of nitrogens with one attached hydrogen (secondary N) is 1. The number of carbonyl (C=O) groups excluding carboxylic acids is 1. The maximum Gasteiger partial charge on any atom is 0.240 e. The lowest BCUT2D eigenvalue weighted by atomic mass is 10.1. The van der Waals surface area contributed by atoms with Crippen LogP contribution in [0.25, 0.3) is 0 Å². The lowest BCUT2D eigenvalue weighted by Gasteiger charge is -2.17. The van der Waals surface area contributed by atoms with Crippen molar-refractivity contribution in [1.82, 2.24) is 14.6 Å². The first kappa shape index (κ1) is 18.5. The van der Waals surface area contributed by atoms with Gasteiger partial charge in [-0.25, -0.2) is 13.1 Å². The zero-order chi connectivity index (χ0) is 18.6. The average molecular weight is 373 g/mol. The molecule has 2 aromatic rings. The Labute approximate surface area is 154 Å². The molecule has 1 heterocycles. The van der Waals surface area contributed by atoms with E-state index in [0.29, 0.717) is 19.4 Å². The number of benzene rings is 1. The van der Waals surface area contributed by atoms with E-state index in [0.717, 1.165) is 24.0 Å². The van der Waals surface area contributed by atoms with Crippen molar-refractivity contribution in [3.63, 3.8) is 0 Å². The lowest BCUT2D eigenvalue weighted by molar-refractivity contribution is -0.130. The molecule has 1 fully saturated rings. The smallest absolute Gasteiger partial charge is 0.240 e. The van der Waals surface area contributed by atoms with Gasteiger partial charge in [-0.05, 0) is 48.6 Å². The Hall–Kier alpha value is -2.25. The molecule has 0 saturated heterocycles. The highest BCUT2D eigenvalue weighted by atomic mass is 32.2. The van der Waals surface area contributed by atoms with Crippen LogP contribution in [0.2, 0.25) is 0 Å². The van der Waals surface area contributed by atoms with E-state index in [1.165, 1.54) is 0 Å². The third-order valence-electron chi connectivity index (χ3n) is 4.33. The van der Waals surface area contributed by atoms with Gasteiger partial charge in [-0.2, -0.15) is 0 Å². The predicted octanol–water partition coefficient (Wildman–Crippen LogP) is 2.11. The summed E-state index contributed by atoms with van der Waals surface area (Å²) in [5.74, 6) is 0.0425. The van der Waals surface area contributed by atoms with Gasteiger partial charge in [-0.1, -0.05) is 18.2 Å². The number of sulfonamides is 1. The van der Waals surface area contributed by atoms with Crippen LogP contribution in [-0.4, -0.2) is 37.3 Å². The van der Waals surface area contributed by atoms with E-state index in [1.54, 1.807) is 48.6 Å². The minimum absolute atomic E-state index is 0.0425. The van der Waals surface area contributed by atoms with Crippen LogP contribution in [0.15, 0.2) is 53.7 Å². The average Bonchev–Trinajstić information content (AvgIpc) is 3.44. The highest BCUT2D eigenvalue weighted by molar-refractivity contribution is 7.89. The fraction of sp³-hybridized carbons (Fsp3) is 0.368. The molecule has 0 bridgehead atoms. The minimum atomic E-state index is -3.42. The van der Waals surface area contributed by atoms with Crippen molar-refractivity contribution in [1.29, 1.82) is 0 Å². The van der Waals surface area contributed by atoms with Crippen molar-refractivity contribution in [2.24, 2.45) is 0 Å². The van der Waals surface area contributed by atoms with E-state index < -0.39 is 10.0 Å². The molecule has 6 nitrogen and oxygen atoms in total. The normalized spacial score (nSPS) is 14.2. The van der Waals surface area contributed by atoms with E-state index in [2.05, 4.69) is 9.71 Å². The van der Waals surface area contributed by atoms with Crippen LogP contribution in [0.3, 0.4) is 0 Å². The zero-order valence-electron chi connectivity index (χ0n) is 14.8. The number of nitrogens with zero attached hydrogens (tertiary/aromatic N) is 2.